The SMILES string of the molecule is CCC(=O)Nc1ccc(C)c(NCc2ccc(C)nc2)c1. The maximum atomic E-state index is 11.4. The number of rotatable bonds is 5. The number of aryl methyl sites for hydroxylation is 2. The molecule has 0 spiro atoms. The van der Waals surface area contributed by atoms with Crippen LogP contribution in [0.3, 0.4) is 0 Å². The van der Waals surface area contributed by atoms with Gasteiger partial charge in [0.25, 0.3) is 0 Å². The number of amides is 1. The van der Waals surface area contributed by atoms with Gasteiger partial charge in [0, 0.05) is 36.2 Å². The van der Waals surface area contributed by atoms with Crippen molar-refractivity contribution in [1.82, 2.24) is 4.98 Å². The Hall–Kier alpha value is -2.36. The highest BCUT2D eigenvalue weighted by molar-refractivity contribution is 5.91. The van der Waals surface area contributed by atoms with Gasteiger partial charge in [-0.15, -0.1) is 0 Å². The summed E-state index contributed by atoms with van der Waals surface area (Å²) in [5, 5.41) is 6.26. The minimum atomic E-state index is 0.0209. The van der Waals surface area contributed by atoms with Crippen LogP contribution < -0.4 is 10.6 Å². The summed E-state index contributed by atoms with van der Waals surface area (Å²) in [6.07, 6.45) is 2.35. The van der Waals surface area contributed by atoms with Gasteiger partial charge in [0.05, 0.1) is 0 Å². The van der Waals surface area contributed by atoms with Gasteiger partial charge in [0.15, 0.2) is 0 Å². The van der Waals surface area contributed by atoms with Crippen molar-refractivity contribution in [3.63, 3.8) is 0 Å². The van der Waals surface area contributed by atoms with E-state index in [2.05, 4.69) is 21.7 Å². The summed E-state index contributed by atoms with van der Waals surface area (Å²) in [5.41, 5.74) is 5.12. The van der Waals surface area contributed by atoms with Gasteiger partial charge in [0.1, 0.15) is 0 Å². The van der Waals surface area contributed by atoms with Crippen molar-refractivity contribution in [3.8, 4) is 0 Å². The van der Waals surface area contributed by atoms with Gasteiger partial charge in [-0.25, -0.2) is 0 Å². The van der Waals surface area contributed by atoms with Crippen LogP contribution in [0.15, 0.2) is 36.5 Å². The van der Waals surface area contributed by atoms with Crippen LogP contribution in [0.1, 0.15) is 30.2 Å². The molecule has 0 bridgehead atoms. The number of pyridine rings is 1. The fourth-order valence-corrected chi connectivity index (χ4v) is 1.94. The van der Waals surface area contributed by atoms with Crippen molar-refractivity contribution in [1.29, 1.82) is 0 Å². The highest BCUT2D eigenvalue weighted by Crippen LogP contribution is 2.21. The van der Waals surface area contributed by atoms with Gasteiger partial charge in [-0.1, -0.05) is 19.1 Å². The van der Waals surface area contributed by atoms with Crippen LogP contribution in [0, 0.1) is 13.8 Å². The average Bonchev–Trinajstić information content (AvgIpc) is 2.49. The first-order valence-electron chi connectivity index (χ1n) is 7.14. The van der Waals surface area contributed by atoms with Crippen LogP contribution >= 0.6 is 0 Å². The first kappa shape index (κ1) is 15.0. The monoisotopic (exact) mass is 283 g/mol. The standard InChI is InChI=1S/C17H21N3O/c1-4-17(21)20-15-8-5-12(2)16(9-15)19-11-14-7-6-13(3)18-10-14/h5-10,19H,4,11H2,1-3H3,(H,20,21). The van der Waals surface area contributed by atoms with E-state index in [4.69, 9.17) is 0 Å². The number of hydrogen-bond acceptors (Lipinski definition) is 3. The third-order valence-electron chi connectivity index (χ3n) is 3.30. The van der Waals surface area contributed by atoms with Crippen molar-refractivity contribution in [2.45, 2.75) is 33.7 Å². The summed E-state index contributed by atoms with van der Waals surface area (Å²) in [5.74, 6) is 0.0209. The summed E-state index contributed by atoms with van der Waals surface area (Å²) in [4.78, 5) is 15.7. The van der Waals surface area contributed by atoms with Crippen LogP contribution in [0.5, 0.6) is 0 Å². The second-order valence-electron chi connectivity index (χ2n) is 5.09. The first-order valence-corrected chi connectivity index (χ1v) is 7.14. The van der Waals surface area contributed by atoms with E-state index in [0.29, 0.717) is 13.0 Å². The summed E-state index contributed by atoms with van der Waals surface area (Å²) in [6.45, 7) is 6.56. The second kappa shape index (κ2) is 6.88. The summed E-state index contributed by atoms with van der Waals surface area (Å²) < 4.78 is 0. The normalized spacial score (nSPS) is 10.2. The highest BCUT2D eigenvalue weighted by atomic mass is 16.1. The molecule has 0 unspecified atom stereocenters. The van der Waals surface area contributed by atoms with Gasteiger partial charge in [-0.3, -0.25) is 9.78 Å². The largest absolute Gasteiger partial charge is 0.381 e. The lowest BCUT2D eigenvalue weighted by molar-refractivity contribution is -0.115. The van der Waals surface area contributed by atoms with Crippen molar-refractivity contribution in [2.75, 3.05) is 10.6 Å². The third-order valence-corrected chi connectivity index (χ3v) is 3.30. The topological polar surface area (TPSA) is 54.0 Å². The zero-order valence-electron chi connectivity index (χ0n) is 12.7. The second-order valence-corrected chi connectivity index (χ2v) is 5.09. The number of nitrogens with zero attached hydrogens (tertiary/aromatic N) is 1. The molecule has 21 heavy (non-hydrogen) atoms. The fraction of sp³-hybridized carbons (Fsp3) is 0.294. The zero-order valence-corrected chi connectivity index (χ0v) is 12.7. The van der Waals surface area contributed by atoms with E-state index < -0.39 is 0 Å². The number of hydrogen-bond donors (Lipinski definition) is 2. The Morgan fingerprint density at radius 1 is 1.19 bits per heavy atom. The fourth-order valence-electron chi connectivity index (χ4n) is 1.94. The maximum absolute atomic E-state index is 11.4. The molecule has 0 radical (unpaired) electrons. The summed E-state index contributed by atoms with van der Waals surface area (Å²) in [7, 11) is 0. The van der Waals surface area contributed by atoms with Crippen LogP contribution in [-0.2, 0) is 11.3 Å². The average molecular weight is 283 g/mol. The van der Waals surface area contributed by atoms with Gasteiger partial charge in [0.2, 0.25) is 5.91 Å². The van der Waals surface area contributed by atoms with Crippen molar-refractivity contribution < 1.29 is 4.79 Å². The molecule has 0 aliphatic rings. The van der Waals surface area contributed by atoms with E-state index in [-0.39, 0.29) is 5.91 Å². The summed E-state index contributed by atoms with van der Waals surface area (Å²) in [6, 6.07) is 9.95. The number of carbonyl (C=O) groups is 1. The summed E-state index contributed by atoms with van der Waals surface area (Å²) >= 11 is 0. The molecule has 0 saturated carbocycles. The number of anilines is 2. The predicted molar refractivity (Wildman–Crippen MR) is 86.4 cm³/mol. The van der Waals surface area contributed by atoms with Gasteiger partial charge < -0.3 is 10.6 Å². The van der Waals surface area contributed by atoms with Crippen molar-refractivity contribution >= 4 is 17.3 Å². The van der Waals surface area contributed by atoms with Crippen LogP contribution in [0.2, 0.25) is 0 Å². The van der Waals surface area contributed by atoms with E-state index in [1.807, 2.05) is 51.2 Å². The minimum Gasteiger partial charge on any atom is -0.381 e. The molecule has 1 aromatic carbocycles. The molecule has 0 aliphatic heterocycles. The van der Waals surface area contributed by atoms with E-state index in [9.17, 15) is 4.79 Å². The Bertz CT molecular complexity index is 620. The van der Waals surface area contributed by atoms with Crippen LogP contribution in [0.4, 0.5) is 11.4 Å². The molecule has 2 rings (SSSR count). The molecule has 110 valence electrons. The molecular formula is C17H21N3O. The Morgan fingerprint density at radius 3 is 2.67 bits per heavy atom. The van der Waals surface area contributed by atoms with E-state index in [1.54, 1.807) is 0 Å². The quantitative estimate of drug-likeness (QED) is 0.880. The lowest BCUT2D eigenvalue weighted by Crippen LogP contribution is -2.10. The predicted octanol–water partition coefficient (Wildman–Crippen LogP) is 3.66. The van der Waals surface area contributed by atoms with Gasteiger partial charge in [-0.05, 0) is 43.2 Å². The molecule has 2 N–H and O–H groups in total. The third kappa shape index (κ3) is 4.31. The van der Waals surface area contributed by atoms with Crippen molar-refractivity contribution in [2.24, 2.45) is 0 Å². The Balaban J connectivity index is 2.06. The molecule has 1 aromatic heterocycles. The molecular weight excluding hydrogens is 262 g/mol. The van der Waals surface area contributed by atoms with Crippen molar-refractivity contribution in [3.05, 3.63) is 53.3 Å². The lowest BCUT2D eigenvalue weighted by Gasteiger charge is -2.12. The Morgan fingerprint density at radius 2 is 2.00 bits per heavy atom. The maximum Gasteiger partial charge on any atom is 0.224 e. The number of aromatic nitrogens is 1. The molecule has 0 atom stereocenters. The molecule has 0 aliphatic carbocycles. The molecule has 0 saturated heterocycles. The van der Waals surface area contributed by atoms with E-state index in [1.165, 1.54) is 0 Å². The number of carbonyl (C=O) groups excluding carboxylic acids is 1. The van der Waals surface area contributed by atoms with Gasteiger partial charge in [-0.2, -0.15) is 0 Å². The molecule has 4 heteroatoms. The van der Waals surface area contributed by atoms with E-state index >= 15 is 0 Å². The van der Waals surface area contributed by atoms with Crippen LogP contribution in [0.25, 0.3) is 0 Å². The highest BCUT2D eigenvalue weighted by Gasteiger charge is 2.03. The number of benzene rings is 1. The molecule has 2 aromatic rings. The van der Waals surface area contributed by atoms with E-state index in [0.717, 1.165) is 28.2 Å². The first-order chi connectivity index (χ1) is 10.1. The molecule has 1 heterocycles. The molecule has 1 amide bonds. The Labute approximate surface area is 125 Å². The van der Waals surface area contributed by atoms with Crippen LogP contribution in [-0.4, -0.2) is 10.9 Å². The number of nitrogens with one attached hydrogen (secondary N) is 2. The lowest BCUT2D eigenvalue weighted by atomic mass is 10.1. The molecule has 0 fully saturated rings. The zero-order chi connectivity index (χ0) is 15.2. The minimum absolute atomic E-state index is 0.0209. The Kier molecular flexibility index (Phi) is 4.93. The smallest absolute Gasteiger partial charge is 0.224 e. The van der Waals surface area contributed by atoms with Gasteiger partial charge >= 0.3 is 0 Å². The molecule has 4 nitrogen and oxygen atoms in total.